The van der Waals surface area contributed by atoms with Gasteiger partial charge in [-0.05, 0) is 12.8 Å². The maximum atomic E-state index is 11.5. The first-order valence-electron chi connectivity index (χ1n) is 5.55. The van der Waals surface area contributed by atoms with Crippen LogP contribution in [0.25, 0.3) is 0 Å². The highest BCUT2D eigenvalue weighted by atomic mass is 32.2. The van der Waals surface area contributed by atoms with E-state index in [2.05, 4.69) is 15.6 Å². The Morgan fingerprint density at radius 1 is 1.25 bits per heavy atom. The molecule has 0 bridgehead atoms. The Bertz CT molecular complexity index is 324. The third kappa shape index (κ3) is 2.98. The molecular weight excluding hydrogens is 226 g/mol. The van der Waals surface area contributed by atoms with E-state index in [1.807, 2.05) is 0 Å². The number of hydrogen-bond donors (Lipinski definition) is 2. The monoisotopic (exact) mass is 241 g/mol. The normalized spacial score (nSPS) is 20.6. The third-order valence-electron chi connectivity index (χ3n) is 2.70. The fourth-order valence-corrected chi connectivity index (χ4v) is 2.61. The summed E-state index contributed by atoms with van der Waals surface area (Å²) in [5.41, 5.74) is 0. The van der Waals surface area contributed by atoms with E-state index in [-0.39, 0.29) is 6.04 Å². The first kappa shape index (κ1) is 11.4. The minimum atomic E-state index is -0.597. The van der Waals surface area contributed by atoms with Crippen molar-refractivity contribution in [2.24, 2.45) is 4.99 Å². The van der Waals surface area contributed by atoms with E-state index < -0.39 is 11.8 Å². The molecule has 0 atom stereocenters. The van der Waals surface area contributed by atoms with Crippen LogP contribution in [-0.2, 0) is 9.59 Å². The quantitative estimate of drug-likeness (QED) is 0.647. The minimum absolute atomic E-state index is 0.177. The van der Waals surface area contributed by atoms with Crippen molar-refractivity contribution in [2.75, 3.05) is 12.3 Å². The third-order valence-corrected chi connectivity index (χ3v) is 3.59. The summed E-state index contributed by atoms with van der Waals surface area (Å²) >= 11 is 1.47. The van der Waals surface area contributed by atoms with Gasteiger partial charge in [0, 0.05) is 11.8 Å². The smallest absolute Gasteiger partial charge is 0.315 e. The standard InChI is InChI=1S/C10H15N3O2S/c14-8(12-7-3-1-2-4-7)9(15)13-10-11-5-6-16-10/h7H,1-6H2,(H,12,14)(H,11,13,15). The van der Waals surface area contributed by atoms with Crippen LogP contribution < -0.4 is 10.6 Å². The molecule has 1 fully saturated rings. The van der Waals surface area contributed by atoms with Gasteiger partial charge in [-0.15, -0.1) is 0 Å². The topological polar surface area (TPSA) is 70.6 Å². The lowest BCUT2D eigenvalue weighted by molar-refractivity contribution is -0.138. The fourth-order valence-electron chi connectivity index (χ4n) is 1.89. The van der Waals surface area contributed by atoms with Crippen LogP contribution in [0, 0.1) is 0 Å². The van der Waals surface area contributed by atoms with Crippen LogP contribution in [0.15, 0.2) is 4.99 Å². The summed E-state index contributed by atoms with van der Waals surface area (Å²) in [6, 6.07) is 0.177. The Balaban J connectivity index is 1.77. The highest BCUT2D eigenvalue weighted by molar-refractivity contribution is 8.14. The largest absolute Gasteiger partial charge is 0.345 e. The highest BCUT2D eigenvalue weighted by Crippen LogP contribution is 2.17. The number of amides is 2. The predicted octanol–water partition coefficient (Wildman–Crippen LogP) is 0.264. The summed E-state index contributed by atoms with van der Waals surface area (Å²) in [6.45, 7) is 0.713. The van der Waals surface area contributed by atoms with Crippen LogP contribution in [0.2, 0.25) is 0 Å². The van der Waals surface area contributed by atoms with Gasteiger partial charge in [-0.1, -0.05) is 24.6 Å². The van der Waals surface area contributed by atoms with Crippen molar-refractivity contribution in [3.05, 3.63) is 0 Å². The van der Waals surface area contributed by atoms with Crippen LogP contribution in [0.3, 0.4) is 0 Å². The van der Waals surface area contributed by atoms with E-state index in [0.29, 0.717) is 11.7 Å². The van der Waals surface area contributed by atoms with Crippen molar-refractivity contribution in [1.29, 1.82) is 0 Å². The molecule has 1 aliphatic carbocycles. The minimum Gasteiger partial charge on any atom is -0.345 e. The molecule has 1 aliphatic heterocycles. The van der Waals surface area contributed by atoms with E-state index >= 15 is 0 Å². The molecule has 0 radical (unpaired) electrons. The van der Waals surface area contributed by atoms with Gasteiger partial charge in [0.25, 0.3) is 0 Å². The van der Waals surface area contributed by atoms with Gasteiger partial charge in [0.1, 0.15) is 0 Å². The van der Waals surface area contributed by atoms with Crippen molar-refractivity contribution in [3.8, 4) is 0 Å². The molecule has 2 rings (SSSR count). The second-order valence-electron chi connectivity index (χ2n) is 3.94. The van der Waals surface area contributed by atoms with E-state index in [0.717, 1.165) is 31.4 Å². The SMILES string of the molecule is O=C(NC1=NCCS1)C(=O)NC1CCCC1. The molecule has 6 heteroatoms. The highest BCUT2D eigenvalue weighted by Gasteiger charge is 2.22. The first-order chi connectivity index (χ1) is 7.75. The van der Waals surface area contributed by atoms with Crippen molar-refractivity contribution in [2.45, 2.75) is 31.7 Å². The van der Waals surface area contributed by atoms with Gasteiger partial charge in [0.15, 0.2) is 5.17 Å². The van der Waals surface area contributed by atoms with Gasteiger partial charge in [-0.2, -0.15) is 0 Å². The van der Waals surface area contributed by atoms with Crippen LogP contribution in [0.4, 0.5) is 0 Å². The summed E-state index contributed by atoms with van der Waals surface area (Å²) in [7, 11) is 0. The summed E-state index contributed by atoms with van der Waals surface area (Å²) in [5, 5.41) is 5.81. The van der Waals surface area contributed by atoms with Crippen LogP contribution >= 0.6 is 11.8 Å². The number of aliphatic imine (C=N–C) groups is 1. The fraction of sp³-hybridized carbons (Fsp3) is 0.700. The van der Waals surface area contributed by atoms with Crippen molar-refractivity contribution < 1.29 is 9.59 Å². The van der Waals surface area contributed by atoms with E-state index in [9.17, 15) is 9.59 Å². The maximum Gasteiger partial charge on any atom is 0.315 e. The zero-order valence-electron chi connectivity index (χ0n) is 8.99. The molecule has 2 aliphatic rings. The molecule has 0 spiro atoms. The average molecular weight is 241 g/mol. The van der Waals surface area contributed by atoms with Gasteiger partial charge in [0.05, 0.1) is 6.54 Å². The van der Waals surface area contributed by atoms with Gasteiger partial charge >= 0.3 is 11.8 Å². The molecule has 0 aromatic heterocycles. The molecule has 0 aromatic carbocycles. The number of hydrogen-bond acceptors (Lipinski definition) is 4. The van der Waals surface area contributed by atoms with E-state index in [1.165, 1.54) is 11.8 Å². The maximum absolute atomic E-state index is 11.5. The zero-order chi connectivity index (χ0) is 11.4. The first-order valence-corrected chi connectivity index (χ1v) is 6.53. The second kappa shape index (κ2) is 5.34. The van der Waals surface area contributed by atoms with E-state index in [4.69, 9.17) is 0 Å². The molecular formula is C10H15N3O2S. The Morgan fingerprint density at radius 2 is 2.00 bits per heavy atom. The summed E-state index contributed by atoms with van der Waals surface area (Å²) < 4.78 is 0. The molecule has 5 nitrogen and oxygen atoms in total. The van der Waals surface area contributed by atoms with Gasteiger partial charge in [-0.3, -0.25) is 19.9 Å². The van der Waals surface area contributed by atoms with Crippen LogP contribution in [-0.4, -0.2) is 35.3 Å². The number of amidine groups is 1. The molecule has 16 heavy (non-hydrogen) atoms. The Morgan fingerprint density at radius 3 is 2.62 bits per heavy atom. The lowest BCUT2D eigenvalue weighted by Gasteiger charge is -2.11. The van der Waals surface area contributed by atoms with Gasteiger partial charge in [0.2, 0.25) is 0 Å². The van der Waals surface area contributed by atoms with Crippen molar-refractivity contribution in [3.63, 3.8) is 0 Å². The van der Waals surface area contributed by atoms with Crippen LogP contribution in [0.5, 0.6) is 0 Å². The number of rotatable bonds is 1. The van der Waals surface area contributed by atoms with Crippen LogP contribution in [0.1, 0.15) is 25.7 Å². The summed E-state index contributed by atoms with van der Waals surface area (Å²) in [5.74, 6) is -0.262. The number of carbonyl (C=O) groups excluding carboxylic acids is 2. The molecule has 0 aromatic rings. The summed E-state index contributed by atoms with van der Waals surface area (Å²) in [4.78, 5) is 27.0. The Kier molecular flexibility index (Phi) is 3.82. The van der Waals surface area contributed by atoms with Gasteiger partial charge < -0.3 is 5.32 Å². The number of nitrogens with zero attached hydrogens (tertiary/aromatic N) is 1. The molecule has 0 unspecified atom stereocenters. The Labute approximate surface area is 98.5 Å². The van der Waals surface area contributed by atoms with Crippen molar-refractivity contribution in [1.82, 2.24) is 10.6 Å². The molecule has 2 N–H and O–H groups in total. The second-order valence-corrected chi connectivity index (χ2v) is 5.03. The predicted molar refractivity (Wildman–Crippen MR) is 63.3 cm³/mol. The zero-order valence-corrected chi connectivity index (χ0v) is 9.81. The lowest BCUT2D eigenvalue weighted by Crippen LogP contribution is -2.44. The number of carbonyl (C=O) groups is 2. The number of thioether (sulfide) groups is 1. The molecule has 0 saturated heterocycles. The number of nitrogens with one attached hydrogen (secondary N) is 2. The lowest BCUT2D eigenvalue weighted by atomic mass is 10.2. The average Bonchev–Trinajstić information content (AvgIpc) is 2.90. The van der Waals surface area contributed by atoms with Gasteiger partial charge in [-0.25, -0.2) is 0 Å². The van der Waals surface area contributed by atoms with E-state index in [1.54, 1.807) is 0 Å². The summed E-state index contributed by atoms with van der Waals surface area (Å²) in [6.07, 6.45) is 4.23. The van der Waals surface area contributed by atoms with Crippen molar-refractivity contribution >= 4 is 28.7 Å². The Hall–Kier alpha value is -1.04. The molecule has 1 saturated carbocycles. The molecule has 88 valence electrons. The molecule has 2 amide bonds. The molecule has 1 heterocycles.